The molecule has 0 saturated carbocycles. The van der Waals surface area contributed by atoms with Crippen molar-refractivity contribution in [3.63, 3.8) is 0 Å². The van der Waals surface area contributed by atoms with Crippen LogP contribution in [0.25, 0.3) is 21.9 Å². The van der Waals surface area contributed by atoms with Gasteiger partial charge in [0.2, 0.25) is 5.88 Å². The molecule has 4 N–H and O–H groups in total. The van der Waals surface area contributed by atoms with Gasteiger partial charge in [-0.3, -0.25) is 4.79 Å². The second-order valence-electron chi connectivity index (χ2n) is 10.1. The van der Waals surface area contributed by atoms with Crippen LogP contribution < -0.4 is 21.1 Å². The average Bonchev–Trinajstić information content (AvgIpc) is 3.07. The highest BCUT2D eigenvalue weighted by Gasteiger charge is 2.42. The number of ether oxygens (including phenoxy) is 1. The van der Waals surface area contributed by atoms with Gasteiger partial charge in [0.05, 0.1) is 16.8 Å². The molecule has 8 nitrogen and oxygen atoms in total. The fourth-order valence-electron chi connectivity index (χ4n) is 5.18. The van der Waals surface area contributed by atoms with Crippen LogP contribution in [0.15, 0.2) is 36.7 Å². The number of amides is 1. The Hall–Kier alpha value is -4.47. The van der Waals surface area contributed by atoms with Crippen molar-refractivity contribution in [2.45, 2.75) is 26.3 Å². The third kappa shape index (κ3) is 3.43. The minimum absolute atomic E-state index is 0.0234. The van der Waals surface area contributed by atoms with Crippen LogP contribution >= 0.6 is 0 Å². The maximum Gasteiger partial charge on any atom is 0.257 e. The first-order chi connectivity index (χ1) is 18.1. The molecule has 194 valence electrons. The monoisotopic (exact) mass is 516 g/mol. The zero-order valence-corrected chi connectivity index (χ0v) is 21.4. The van der Waals surface area contributed by atoms with Gasteiger partial charge >= 0.3 is 0 Å². The second kappa shape index (κ2) is 8.27. The van der Waals surface area contributed by atoms with Gasteiger partial charge < -0.3 is 26.0 Å². The summed E-state index contributed by atoms with van der Waals surface area (Å²) < 4.78 is 36.0. The van der Waals surface area contributed by atoms with Crippen LogP contribution in [-0.2, 0) is 5.54 Å². The molecule has 0 unspecified atom stereocenters. The van der Waals surface area contributed by atoms with E-state index in [1.54, 1.807) is 31.4 Å². The molecule has 2 aromatic carbocycles. The summed E-state index contributed by atoms with van der Waals surface area (Å²) in [6, 6.07) is 6.46. The summed E-state index contributed by atoms with van der Waals surface area (Å²) in [4.78, 5) is 22.8. The van der Waals surface area contributed by atoms with Gasteiger partial charge in [-0.15, -0.1) is 0 Å². The number of benzene rings is 2. The Morgan fingerprint density at radius 1 is 1.13 bits per heavy atom. The SMILES string of the molecule is Cc1c(-c2cc3cc(Nc4cc(F)c5c(c4)C(C)(C)N(C)C5=O)ncc3c(N)c2F)cnc2c1NCCO2. The highest BCUT2D eigenvalue weighted by Crippen LogP contribution is 2.42. The van der Waals surface area contributed by atoms with Crippen molar-refractivity contribution in [3.05, 3.63) is 65.0 Å². The van der Waals surface area contributed by atoms with Gasteiger partial charge in [0.15, 0.2) is 5.82 Å². The van der Waals surface area contributed by atoms with E-state index in [0.717, 1.165) is 11.3 Å². The Bertz CT molecular complexity index is 1670. The molecular weight excluding hydrogens is 490 g/mol. The van der Waals surface area contributed by atoms with Gasteiger partial charge in [-0.2, -0.15) is 0 Å². The van der Waals surface area contributed by atoms with Crippen molar-refractivity contribution < 1.29 is 18.3 Å². The maximum absolute atomic E-state index is 15.5. The lowest BCUT2D eigenvalue weighted by atomic mass is 9.93. The Kier molecular flexibility index (Phi) is 5.20. The normalized spacial score (nSPS) is 15.6. The molecular formula is C28H26F2N6O2. The van der Waals surface area contributed by atoms with E-state index >= 15 is 4.39 Å². The van der Waals surface area contributed by atoms with E-state index in [-0.39, 0.29) is 17.2 Å². The van der Waals surface area contributed by atoms with Crippen LogP contribution in [0.4, 0.5) is 31.7 Å². The fraction of sp³-hybridized carbons (Fsp3) is 0.250. The lowest BCUT2D eigenvalue weighted by molar-refractivity contribution is 0.0688. The molecule has 0 saturated heterocycles. The third-order valence-corrected chi connectivity index (χ3v) is 7.61. The Morgan fingerprint density at radius 3 is 2.71 bits per heavy atom. The number of nitrogens with zero attached hydrogens (tertiary/aromatic N) is 3. The van der Waals surface area contributed by atoms with Gasteiger partial charge in [-0.25, -0.2) is 18.7 Å². The molecule has 4 heterocycles. The molecule has 2 aliphatic heterocycles. The molecule has 0 atom stereocenters. The number of nitrogen functional groups attached to an aromatic ring is 1. The lowest BCUT2D eigenvalue weighted by Crippen LogP contribution is -2.35. The van der Waals surface area contributed by atoms with Crippen LogP contribution in [0.5, 0.6) is 5.88 Å². The minimum Gasteiger partial charge on any atom is -0.474 e. The summed E-state index contributed by atoms with van der Waals surface area (Å²) in [7, 11) is 1.66. The first kappa shape index (κ1) is 23.9. The van der Waals surface area contributed by atoms with Crippen molar-refractivity contribution in [3.8, 4) is 17.0 Å². The second-order valence-corrected chi connectivity index (χ2v) is 10.1. The van der Waals surface area contributed by atoms with Gasteiger partial charge in [0, 0.05) is 48.2 Å². The Labute approximate surface area is 217 Å². The number of hydrogen-bond donors (Lipinski definition) is 3. The van der Waals surface area contributed by atoms with Crippen molar-refractivity contribution >= 4 is 39.6 Å². The topological polar surface area (TPSA) is 105 Å². The van der Waals surface area contributed by atoms with Crippen molar-refractivity contribution in [2.75, 3.05) is 36.6 Å². The van der Waals surface area contributed by atoms with E-state index in [4.69, 9.17) is 10.5 Å². The lowest BCUT2D eigenvalue weighted by Gasteiger charge is -2.28. The van der Waals surface area contributed by atoms with Gasteiger partial charge in [-0.05, 0) is 61.5 Å². The third-order valence-electron chi connectivity index (χ3n) is 7.61. The Morgan fingerprint density at radius 2 is 1.92 bits per heavy atom. The molecule has 10 heteroatoms. The number of nitrogens with one attached hydrogen (secondary N) is 2. The molecule has 2 aliphatic rings. The van der Waals surface area contributed by atoms with Gasteiger partial charge in [-0.1, -0.05) is 0 Å². The van der Waals surface area contributed by atoms with Crippen LogP contribution in [0.2, 0.25) is 0 Å². The molecule has 0 spiro atoms. The number of carbonyl (C=O) groups is 1. The van der Waals surface area contributed by atoms with Crippen LogP contribution in [0.1, 0.15) is 35.3 Å². The molecule has 1 amide bonds. The molecule has 0 fully saturated rings. The number of fused-ring (bicyclic) bond motifs is 3. The van der Waals surface area contributed by atoms with Crippen molar-refractivity contribution in [2.24, 2.45) is 0 Å². The molecule has 0 radical (unpaired) electrons. The first-order valence-corrected chi connectivity index (χ1v) is 12.2. The smallest absolute Gasteiger partial charge is 0.257 e. The predicted molar refractivity (Wildman–Crippen MR) is 143 cm³/mol. The Balaban J connectivity index is 1.42. The van der Waals surface area contributed by atoms with E-state index in [2.05, 4.69) is 20.6 Å². The van der Waals surface area contributed by atoms with Crippen molar-refractivity contribution in [1.29, 1.82) is 0 Å². The summed E-state index contributed by atoms with van der Waals surface area (Å²) >= 11 is 0. The fourth-order valence-corrected chi connectivity index (χ4v) is 5.18. The molecule has 6 rings (SSSR count). The predicted octanol–water partition coefficient (Wildman–Crippen LogP) is 5.33. The number of pyridine rings is 2. The van der Waals surface area contributed by atoms with Gasteiger partial charge in [0.25, 0.3) is 5.91 Å². The number of rotatable bonds is 3. The summed E-state index contributed by atoms with van der Waals surface area (Å²) in [5.74, 6) is -0.607. The highest BCUT2D eigenvalue weighted by atomic mass is 19.1. The number of carbonyl (C=O) groups excluding carboxylic acids is 1. The minimum atomic E-state index is -0.663. The van der Waals surface area contributed by atoms with E-state index in [1.807, 2.05) is 20.8 Å². The van der Waals surface area contributed by atoms with E-state index in [1.165, 1.54) is 17.2 Å². The largest absolute Gasteiger partial charge is 0.474 e. The maximum atomic E-state index is 15.5. The molecule has 2 aromatic heterocycles. The molecule has 0 bridgehead atoms. The number of hydrogen-bond acceptors (Lipinski definition) is 7. The first-order valence-electron chi connectivity index (χ1n) is 12.2. The average molecular weight is 517 g/mol. The summed E-state index contributed by atoms with van der Waals surface area (Å²) in [5.41, 5.74) is 9.06. The van der Waals surface area contributed by atoms with E-state index in [9.17, 15) is 9.18 Å². The van der Waals surface area contributed by atoms with Crippen LogP contribution in [0.3, 0.4) is 0 Å². The molecule has 38 heavy (non-hydrogen) atoms. The van der Waals surface area contributed by atoms with Crippen LogP contribution in [-0.4, -0.2) is 41.0 Å². The quantitative estimate of drug-likeness (QED) is 0.316. The summed E-state index contributed by atoms with van der Waals surface area (Å²) in [6.07, 6.45) is 3.07. The summed E-state index contributed by atoms with van der Waals surface area (Å²) in [5, 5.41) is 7.49. The number of halogens is 2. The number of nitrogens with two attached hydrogens (primary N) is 1. The molecule has 0 aliphatic carbocycles. The molecule has 4 aromatic rings. The van der Waals surface area contributed by atoms with Crippen LogP contribution in [0, 0.1) is 18.6 Å². The standard InChI is InChI=1S/C28H26F2N6O2/c1-13-17(11-34-26-25(13)32-5-6-38-26)16-7-14-8-21(33-12-18(14)24(31)23(16)30)35-15-9-19-22(20(29)10-15)27(37)36(4)28(19,2)3/h7-12,32H,5-6,31H2,1-4H3,(H,33,35). The number of aromatic nitrogens is 2. The zero-order valence-electron chi connectivity index (χ0n) is 21.4. The zero-order chi connectivity index (χ0) is 26.9. The number of anilines is 4. The van der Waals surface area contributed by atoms with E-state index < -0.39 is 17.2 Å². The summed E-state index contributed by atoms with van der Waals surface area (Å²) in [6.45, 7) is 6.76. The van der Waals surface area contributed by atoms with Gasteiger partial charge in [0.1, 0.15) is 23.9 Å². The van der Waals surface area contributed by atoms with E-state index in [0.29, 0.717) is 58.0 Å². The highest BCUT2D eigenvalue weighted by molar-refractivity contribution is 6.01. The van der Waals surface area contributed by atoms with Crippen molar-refractivity contribution in [1.82, 2.24) is 14.9 Å².